The number of fused-ring (bicyclic) bond motifs is 1. The van der Waals surface area contributed by atoms with E-state index in [0.29, 0.717) is 22.2 Å². The maximum Gasteiger partial charge on any atom is 0.276 e. The summed E-state index contributed by atoms with van der Waals surface area (Å²) >= 11 is 1.41. The largest absolute Gasteiger partial charge is 0.411 e. The number of carbonyl (C=O) groups is 1. The number of benzene rings is 3. The summed E-state index contributed by atoms with van der Waals surface area (Å²) in [4.78, 5) is 20.7. The monoisotopic (exact) mass is 412 g/mol. The Bertz CT molecular complexity index is 1340. The van der Waals surface area contributed by atoms with Crippen molar-refractivity contribution in [2.75, 3.05) is 6.26 Å². The van der Waals surface area contributed by atoms with Crippen molar-refractivity contribution in [1.29, 1.82) is 0 Å². The Morgan fingerprint density at radius 2 is 1.67 bits per heavy atom. The first-order valence-electron chi connectivity index (χ1n) is 9.29. The number of hydrogen-bond donors (Lipinski definition) is 1. The third kappa shape index (κ3) is 3.40. The first-order chi connectivity index (χ1) is 14.7. The van der Waals surface area contributed by atoms with E-state index >= 15 is 0 Å². The molecule has 0 radical (unpaired) electrons. The molecule has 6 nitrogen and oxygen atoms in total. The van der Waals surface area contributed by atoms with Crippen LogP contribution in [0.15, 0.2) is 82.4 Å². The molecule has 0 aliphatic rings. The van der Waals surface area contributed by atoms with Crippen LogP contribution in [0.4, 0.5) is 0 Å². The number of aromatic amines is 1. The van der Waals surface area contributed by atoms with Crippen molar-refractivity contribution in [3.63, 3.8) is 0 Å². The maximum absolute atomic E-state index is 12.7. The highest BCUT2D eigenvalue weighted by Crippen LogP contribution is 2.26. The van der Waals surface area contributed by atoms with Crippen LogP contribution in [0.25, 0.3) is 33.9 Å². The molecule has 146 valence electrons. The molecule has 0 unspecified atom stereocenters. The van der Waals surface area contributed by atoms with E-state index < -0.39 is 0 Å². The zero-order valence-corrected chi connectivity index (χ0v) is 16.8. The number of ketones is 1. The van der Waals surface area contributed by atoms with E-state index in [0.717, 1.165) is 28.0 Å². The van der Waals surface area contributed by atoms with Crippen LogP contribution in [-0.2, 0) is 0 Å². The average molecular weight is 412 g/mol. The van der Waals surface area contributed by atoms with Crippen molar-refractivity contribution in [2.24, 2.45) is 0 Å². The van der Waals surface area contributed by atoms with Crippen molar-refractivity contribution in [2.45, 2.75) is 5.22 Å². The number of hydrogen-bond acceptors (Lipinski definition) is 6. The lowest BCUT2D eigenvalue weighted by Crippen LogP contribution is -2.00. The summed E-state index contributed by atoms with van der Waals surface area (Å²) in [6.07, 6.45) is 1.89. The van der Waals surface area contributed by atoms with E-state index in [9.17, 15) is 4.79 Å². The lowest BCUT2D eigenvalue weighted by atomic mass is 10.0. The van der Waals surface area contributed by atoms with Gasteiger partial charge in [-0.2, -0.15) is 0 Å². The molecule has 1 N–H and O–H groups in total. The fourth-order valence-electron chi connectivity index (χ4n) is 3.22. The second-order valence-corrected chi connectivity index (χ2v) is 7.42. The summed E-state index contributed by atoms with van der Waals surface area (Å²) in [6.45, 7) is 0. The van der Waals surface area contributed by atoms with Gasteiger partial charge in [-0.3, -0.25) is 4.79 Å². The molecular weight excluding hydrogens is 396 g/mol. The van der Waals surface area contributed by atoms with Gasteiger partial charge in [-0.05, 0) is 36.6 Å². The summed E-state index contributed by atoms with van der Waals surface area (Å²) in [5, 5.41) is 8.55. The van der Waals surface area contributed by atoms with Gasteiger partial charge in [0, 0.05) is 22.3 Å². The normalized spacial score (nSPS) is 11.1. The van der Waals surface area contributed by atoms with Gasteiger partial charge in [0.2, 0.25) is 5.89 Å². The van der Waals surface area contributed by atoms with Crippen LogP contribution < -0.4 is 0 Å². The van der Waals surface area contributed by atoms with E-state index in [4.69, 9.17) is 4.42 Å². The third-order valence-electron chi connectivity index (χ3n) is 4.77. The zero-order valence-electron chi connectivity index (χ0n) is 16.0. The van der Waals surface area contributed by atoms with Crippen LogP contribution in [-0.4, -0.2) is 32.2 Å². The number of imidazole rings is 1. The first-order valence-corrected chi connectivity index (χ1v) is 10.5. The fraction of sp³-hybridized carbons (Fsp3) is 0.0435. The van der Waals surface area contributed by atoms with Gasteiger partial charge in [0.05, 0.1) is 11.0 Å². The van der Waals surface area contributed by atoms with Crippen molar-refractivity contribution in [1.82, 2.24) is 20.2 Å². The summed E-state index contributed by atoms with van der Waals surface area (Å²) in [7, 11) is 0. The van der Waals surface area contributed by atoms with E-state index in [1.54, 1.807) is 0 Å². The number of carbonyl (C=O) groups excluding carboxylic acids is 1. The van der Waals surface area contributed by atoms with E-state index in [1.807, 2.05) is 79.1 Å². The lowest BCUT2D eigenvalue weighted by molar-refractivity contribution is 0.103. The molecule has 3 aromatic carbocycles. The van der Waals surface area contributed by atoms with Gasteiger partial charge in [-0.1, -0.05) is 54.2 Å². The van der Waals surface area contributed by atoms with Crippen molar-refractivity contribution < 1.29 is 9.21 Å². The molecule has 0 aliphatic heterocycles. The van der Waals surface area contributed by atoms with Crippen LogP contribution in [0.1, 0.15) is 15.9 Å². The van der Waals surface area contributed by atoms with E-state index in [2.05, 4.69) is 20.2 Å². The molecule has 0 amide bonds. The number of nitrogens with one attached hydrogen (secondary N) is 1. The van der Waals surface area contributed by atoms with Gasteiger partial charge >= 0.3 is 0 Å². The zero-order chi connectivity index (χ0) is 20.5. The minimum Gasteiger partial charge on any atom is -0.411 e. The smallest absolute Gasteiger partial charge is 0.276 e. The first kappa shape index (κ1) is 18.3. The van der Waals surface area contributed by atoms with Crippen LogP contribution in [0.3, 0.4) is 0 Å². The molecular formula is C23H16N4O2S. The van der Waals surface area contributed by atoms with Crippen molar-refractivity contribution in [3.05, 3.63) is 83.9 Å². The Labute approximate surface area is 176 Å². The minimum absolute atomic E-state index is 0.0119. The Kier molecular flexibility index (Phi) is 4.65. The van der Waals surface area contributed by atoms with Crippen LogP contribution in [0, 0.1) is 0 Å². The summed E-state index contributed by atoms with van der Waals surface area (Å²) in [5.74, 6) is 1.21. The van der Waals surface area contributed by atoms with Gasteiger partial charge in [0.25, 0.3) is 5.22 Å². The molecule has 0 saturated heterocycles. The molecule has 2 heterocycles. The SMILES string of the molecule is CSc1nnc(-c2ccc(-c3nc4ccc(C(=O)c5ccccc5)cc4[nH]3)cc2)o1. The van der Waals surface area contributed by atoms with Gasteiger partial charge in [-0.15, -0.1) is 10.2 Å². The highest BCUT2D eigenvalue weighted by atomic mass is 32.2. The molecule has 0 saturated carbocycles. The van der Waals surface area contributed by atoms with E-state index in [1.165, 1.54) is 11.8 Å². The van der Waals surface area contributed by atoms with Crippen molar-refractivity contribution >= 4 is 28.6 Å². The second-order valence-electron chi connectivity index (χ2n) is 6.67. The molecule has 5 rings (SSSR count). The number of nitrogens with zero attached hydrogens (tertiary/aromatic N) is 3. The van der Waals surface area contributed by atoms with Crippen molar-refractivity contribution in [3.8, 4) is 22.8 Å². The predicted molar refractivity (Wildman–Crippen MR) is 116 cm³/mol. The number of aromatic nitrogens is 4. The average Bonchev–Trinajstić information content (AvgIpc) is 3.46. The molecule has 30 heavy (non-hydrogen) atoms. The van der Waals surface area contributed by atoms with Crippen LogP contribution >= 0.6 is 11.8 Å². The van der Waals surface area contributed by atoms with Gasteiger partial charge in [0.15, 0.2) is 5.78 Å². The Morgan fingerprint density at radius 1 is 0.900 bits per heavy atom. The van der Waals surface area contributed by atoms with Gasteiger partial charge < -0.3 is 9.40 Å². The summed E-state index contributed by atoms with van der Waals surface area (Å²) in [6, 6.07) is 22.5. The Hall–Kier alpha value is -3.71. The molecule has 0 atom stereocenters. The summed E-state index contributed by atoms with van der Waals surface area (Å²) < 4.78 is 5.57. The standard InChI is InChI=1S/C23H16N4O2S/c1-30-23-27-26-22(29-23)16-9-7-15(8-10-16)21-24-18-12-11-17(13-19(18)25-21)20(28)14-5-3-2-4-6-14/h2-13H,1H3,(H,24,25). The van der Waals surface area contributed by atoms with Gasteiger partial charge in [0.1, 0.15) is 5.82 Å². The third-order valence-corrected chi connectivity index (χ3v) is 5.28. The number of H-pyrrole nitrogens is 1. The van der Waals surface area contributed by atoms with Crippen LogP contribution in [0.5, 0.6) is 0 Å². The minimum atomic E-state index is -0.0119. The molecule has 5 aromatic rings. The Morgan fingerprint density at radius 3 is 2.40 bits per heavy atom. The highest BCUT2D eigenvalue weighted by Gasteiger charge is 2.13. The molecule has 0 spiro atoms. The molecule has 0 aliphatic carbocycles. The quantitative estimate of drug-likeness (QED) is 0.314. The molecule has 0 fully saturated rings. The molecule has 0 bridgehead atoms. The number of rotatable bonds is 5. The fourth-order valence-corrected chi connectivity index (χ4v) is 3.51. The second kappa shape index (κ2) is 7.61. The predicted octanol–water partition coefficient (Wildman–Crippen LogP) is 5.23. The van der Waals surface area contributed by atoms with E-state index in [-0.39, 0.29) is 5.78 Å². The Balaban J connectivity index is 1.44. The highest BCUT2D eigenvalue weighted by molar-refractivity contribution is 7.98. The number of thioether (sulfide) groups is 1. The topological polar surface area (TPSA) is 84.7 Å². The maximum atomic E-state index is 12.7. The lowest BCUT2D eigenvalue weighted by Gasteiger charge is -2.00. The molecule has 7 heteroatoms. The summed E-state index contributed by atoms with van der Waals surface area (Å²) in [5.41, 5.74) is 4.68. The van der Waals surface area contributed by atoms with Crippen LogP contribution in [0.2, 0.25) is 0 Å². The molecule has 2 aromatic heterocycles. The van der Waals surface area contributed by atoms with Gasteiger partial charge in [-0.25, -0.2) is 4.98 Å².